The van der Waals surface area contributed by atoms with Gasteiger partial charge in [-0.2, -0.15) is 8.42 Å². The highest BCUT2D eigenvalue weighted by Crippen LogP contribution is 2.23. The van der Waals surface area contributed by atoms with Crippen molar-refractivity contribution < 1.29 is 42.6 Å². The van der Waals surface area contributed by atoms with E-state index in [9.17, 15) is 28.5 Å². The molecular formula is C11H21NO9S. The summed E-state index contributed by atoms with van der Waals surface area (Å²) in [6, 6.07) is 0. The summed E-state index contributed by atoms with van der Waals surface area (Å²) in [6.07, 6.45) is -8.17. The van der Waals surface area contributed by atoms with E-state index in [0.29, 0.717) is 0 Å². The normalized spacial score (nSPS) is 33.0. The van der Waals surface area contributed by atoms with E-state index in [2.05, 4.69) is 5.32 Å². The zero-order chi connectivity index (χ0) is 17.1. The zero-order valence-corrected chi connectivity index (χ0v) is 12.9. The van der Waals surface area contributed by atoms with Gasteiger partial charge >= 0.3 is 0 Å². The van der Waals surface area contributed by atoms with Crippen LogP contribution in [0.3, 0.4) is 0 Å². The minimum Gasteiger partial charge on any atom is -0.387 e. The predicted molar refractivity (Wildman–Crippen MR) is 72.3 cm³/mol. The quantitative estimate of drug-likeness (QED) is 0.321. The second kappa shape index (κ2) is 7.64. The van der Waals surface area contributed by atoms with Gasteiger partial charge in [0.25, 0.3) is 16.0 Å². The number of hydrogen-bond acceptors (Lipinski definition) is 8. The topological polar surface area (TPSA) is 163 Å². The molecule has 10 nitrogen and oxygen atoms in total. The van der Waals surface area contributed by atoms with Crippen molar-refractivity contribution >= 4 is 16.0 Å². The first-order chi connectivity index (χ1) is 10.0. The van der Waals surface area contributed by atoms with E-state index in [1.807, 2.05) is 0 Å². The SMILES string of the molecule is CC(C)O[C@@H]1O[C@H](C(=O)NCCS(=O)(=O)O)[C@@H](O)[C@H](O)[C@H]1O. The van der Waals surface area contributed by atoms with Crippen molar-refractivity contribution in [2.24, 2.45) is 0 Å². The number of aliphatic hydroxyl groups excluding tert-OH is 3. The second-order valence-electron chi connectivity index (χ2n) is 5.16. The Morgan fingerprint density at radius 3 is 2.32 bits per heavy atom. The number of aliphatic hydroxyl groups is 3. The zero-order valence-electron chi connectivity index (χ0n) is 12.1. The van der Waals surface area contributed by atoms with Gasteiger partial charge in [0.15, 0.2) is 12.4 Å². The third-order valence-corrected chi connectivity index (χ3v) is 3.61. The largest absolute Gasteiger partial charge is 0.387 e. The molecule has 5 atom stereocenters. The summed E-state index contributed by atoms with van der Waals surface area (Å²) in [5.41, 5.74) is 0. The van der Waals surface area contributed by atoms with E-state index in [-0.39, 0.29) is 6.10 Å². The Morgan fingerprint density at radius 2 is 1.82 bits per heavy atom. The number of amides is 1. The highest BCUT2D eigenvalue weighted by atomic mass is 32.2. The summed E-state index contributed by atoms with van der Waals surface area (Å²) in [7, 11) is -4.24. The third kappa shape index (κ3) is 5.43. The van der Waals surface area contributed by atoms with E-state index in [0.717, 1.165) is 0 Å². The average molecular weight is 343 g/mol. The smallest absolute Gasteiger partial charge is 0.266 e. The van der Waals surface area contributed by atoms with Crippen LogP contribution in [0.1, 0.15) is 13.8 Å². The molecule has 0 unspecified atom stereocenters. The molecule has 1 rings (SSSR count). The molecule has 0 aromatic carbocycles. The maximum absolute atomic E-state index is 11.9. The number of rotatable bonds is 6. The van der Waals surface area contributed by atoms with Gasteiger partial charge in [-0.15, -0.1) is 0 Å². The fourth-order valence-corrected chi connectivity index (χ4v) is 2.21. The summed E-state index contributed by atoms with van der Waals surface area (Å²) >= 11 is 0. The van der Waals surface area contributed by atoms with E-state index in [1.54, 1.807) is 13.8 Å². The van der Waals surface area contributed by atoms with Crippen LogP contribution in [0.15, 0.2) is 0 Å². The first-order valence-electron chi connectivity index (χ1n) is 6.61. The van der Waals surface area contributed by atoms with Crippen LogP contribution >= 0.6 is 0 Å². The highest BCUT2D eigenvalue weighted by molar-refractivity contribution is 7.85. The van der Waals surface area contributed by atoms with Crippen LogP contribution in [0.2, 0.25) is 0 Å². The van der Waals surface area contributed by atoms with Crippen LogP contribution < -0.4 is 5.32 Å². The van der Waals surface area contributed by atoms with Gasteiger partial charge < -0.3 is 30.1 Å². The van der Waals surface area contributed by atoms with Gasteiger partial charge in [-0.3, -0.25) is 9.35 Å². The molecule has 11 heteroatoms. The number of nitrogens with one attached hydrogen (secondary N) is 1. The molecular weight excluding hydrogens is 322 g/mol. The number of hydrogen-bond donors (Lipinski definition) is 5. The molecule has 0 aromatic heterocycles. The lowest BCUT2D eigenvalue weighted by molar-refractivity contribution is -0.298. The van der Waals surface area contributed by atoms with Crippen LogP contribution in [0.5, 0.6) is 0 Å². The van der Waals surface area contributed by atoms with Crippen molar-refractivity contribution in [3.8, 4) is 0 Å². The molecule has 1 aliphatic rings. The van der Waals surface area contributed by atoms with E-state index >= 15 is 0 Å². The maximum atomic E-state index is 11.9. The summed E-state index contributed by atoms with van der Waals surface area (Å²) in [5, 5.41) is 31.4. The fourth-order valence-electron chi connectivity index (χ4n) is 1.85. The fraction of sp³-hybridized carbons (Fsp3) is 0.909. The molecule has 1 amide bonds. The van der Waals surface area contributed by atoms with Gasteiger partial charge in [-0.25, -0.2) is 0 Å². The van der Waals surface area contributed by atoms with Crippen molar-refractivity contribution in [2.75, 3.05) is 12.3 Å². The standard InChI is InChI=1S/C11H21NO9S/c1-5(2)20-11-8(15)6(13)7(14)9(21-11)10(16)12-3-4-22(17,18)19/h5-9,11,13-15H,3-4H2,1-2H3,(H,12,16)(H,17,18,19)/t6-,7-,8+,9-,11+/m0/s1. The van der Waals surface area contributed by atoms with Crippen molar-refractivity contribution in [3.63, 3.8) is 0 Å². The Labute approximate surface area is 127 Å². The van der Waals surface area contributed by atoms with Gasteiger partial charge in [-0.1, -0.05) is 0 Å². The van der Waals surface area contributed by atoms with Gasteiger partial charge in [-0.05, 0) is 13.8 Å². The molecule has 1 saturated heterocycles. The lowest BCUT2D eigenvalue weighted by atomic mass is 9.98. The Morgan fingerprint density at radius 1 is 1.23 bits per heavy atom. The summed E-state index contributed by atoms with van der Waals surface area (Å²) in [4.78, 5) is 11.9. The number of carbonyl (C=O) groups excluding carboxylic acids is 1. The van der Waals surface area contributed by atoms with E-state index in [1.165, 1.54) is 0 Å². The monoisotopic (exact) mass is 343 g/mol. The molecule has 0 aromatic rings. The average Bonchev–Trinajstić information content (AvgIpc) is 2.37. The molecule has 0 bridgehead atoms. The van der Waals surface area contributed by atoms with Crippen LogP contribution in [0, 0.1) is 0 Å². The van der Waals surface area contributed by atoms with Crippen LogP contribution in [0.25, 0.3) is 0 Å². The predicted octanol–water partition coefficient (Wildman–Crippen LogP) is -2.78. The molecule has 22 heavy (non-hydrogen) atoms. The minimum absolute atomic E-state index is 0.370. The maximum Gasteiger partial charge on any atom is 0.266 e. The Hall–Kier alpha value is -0.820. The van der Waals surface area contributed by atoms with Gasteiger partial charge in [0.05, 0.1) is 11.9 Å². The molecule has 0 saturated carbocycles. The van der Waals surface area contributed by atoms with E-state index < -0.39 is 59.0 Å². The number of carbonyl (C=O) groups is 1. The van der Waals surface area contributed by atoms with Crippen molar-refractivity contribution in [1.82, 2.24) is 5.32 Å². The van der Waals surface area contributed by atoms with Crippen molar-refractivity contribution in [3.05, 3.63) is 0 Å². The Bertz CT molecular complexity index is 480. The summed E-state index contributed by atoms with van der Waals surface area (Å²) in [5.74, 6) is -1.61. The first-order valence-corrected chi connectivity index (χ1v) is 8.22. The Kier molecular flexibility index (Phi) is 6.67. The highest BCUT2D eigenvalue weighted by Gasteiger charge is 2.47. The van der Waals surface area contributed by atoms with Crippen molar-refractivity contribution in [2.45, 2.75) is 50.7 Å². The molecule has 5 N–H and O–H groups in total. The summed E-state index contributed by atoms with van der Waals surface area (Å²) in [6.45, 7) is 2.89. The molecule has 0 spiro atoms. The molecule has 0 aliphatic carbocycles. The van der Waals surface area contributed by atoms with Crippen LogP contribution in [-0.4, -0.2) is 83.3 Å². The molecule has 1 heterocycles. The second-order valence-corrected chi connectivity index (χ2v) is 6.73. The minimum atomic E-state index is -4.24. The Balaban J connectivity index is 2.68. The summed E-state index contributed by atoms with van der Waals surface area (Å²) < 4.78 is 40.0. The molecule has 1 aliphatic heterocycles. The van der Waals surface area contributed by atoms with Crippen LogP contribution in [0.4, 0.5) is 0 Å². The van der Waals surface area contributed by atoms with E-state index in [4.69, 9.17) is 14.0 Å². The lowest BCUT2D eigenvalue weighted by Crippen LogP contribution is -2.62. The molecule has 1 fully saturated rings. The lowest BCUT2D eigenvalue weighted by Gasteiger charge is -2.40. The first kappa shape index (κ1) is 19.2. The molecule has 130 valence electrons. The number of ether oxygens (including phenoxy) is 2. The van der Waals surface area contributed by atoms with Gasteiger partial charge in [0.2, 0.25) is 0 Å². The molecule has 0 radical (unpaired) electrons. The third-order valence-electron chi connectivity index (χ3n) is 2.89. The van der Waals surface area contributed by atoms with Crippen LogP contribution in [-0.2, 0) is 24.4 Å². The van der Waals surface area contributed by atoms with Crippen molar-refractivity contribution in [1.29, 1.82) is 0 Å². The van der Waals surface area contributed by atoms with Gasteiger partial charge in [0.1, 0.15) is 18.3 Å². The van der Waals surface area contributed by atoms with Gasteiger partial charge in [0, 0.05) is 6.54 Å².